The molecule has 0 radical (unpaired) electrons. The number of amides is 1. The average molecular weight is 295 g/mol. The smallest absolute Gasteiger partial charge is 0.257 e. The van der Waals surface area contributed by atoms with E-state index >= 15 is 0 Å². The monoisotopic (exact) mass is 295 g/mol. The number of likely N-dealkylation sites (tertiary alicyclic amines) is 1. The van der Waals surface area contributed by atoms with Crippen molar-refractivity contribution in [3.8, 4) is 5.75 Å². The van der Waals surface area contributed by atoms with Gasteiger partial charge in [0.2, 0.25) is 0 Å². The lowest BCUT2D eigenvalue weighted by Gasteiger charge is -2.34. The van der Waals surface area contributed by atoms with Gasteiger partial charge < -0.3 is 14.7 Å². The second-order valence-electron chi connectivity index (χ2n) is 5.44. The number of halogens is 1. The molecule has 1 saturated heterocycles. The number of aliphatic hydroxyl groups excluding tert-OH is 1. The zero-order valence-electron chi connectivity index (χ0n) is 12.5. The van der Waals surface area contributed by atoms with Crippen LogP contribution in [0, 0.1) is 11.7 Å². The number of aliphatic hydroxyl groups is 1. The summed E-state index contributed by atoms with van der Waals surface area (Å²) in [6, 6.07) is 4.39. The average Bonchev–Trinajstić information content (AvgIpc) is 2.49. The first-order valence-corrected chi connectivity index (χ1v) is 7.43. The van der Waals surface area contributed by atoms with E-state index < -0.39 is 11.9 Å². The molecule has 1 aliphatic heterocycles. The Hall–Kier alpha value is -1.62. The lowest BCUT2D eigenvalue weighted by molar-refractivity contribution is 0.0462. The highest BCUT2D eigenvalue weighted by molar-refractivity contribution is 5.97. The first-order valence-electron chi connectivity index (χ1n) is 7.43. The molecular weight excluding hydrogens is 273 g/mol. The molecule has 1 fully saturated rings. The number of carbonyl (C=O) groups is 1. The molecule has 1 amide bonds. The number of hydrogen-bond acceptors (Lipinski definition) is 3. The number of nitrogens with zero attached hydrogens (tertiary/aromatic N) is 1. The van der Waals surface area contributed by atoms with Crippen molar-refractivity contribution >= 4 is 5.91 Å². The van der Waals surface area contributed by atoms with Crippen molar-refractivity contribution in [2.45, 2.75) is 32.8 Å². The molecule has 0 aromatic heterocycles. The Morgan fingerprint density at radius 1 is 1.57 bits per heavy atom. The molecule has 2 unspecified atom stereocenters. The van der Waals surface area contributed by atoms with Gasteiger partial charge in [-0.2, -0.15) is 0 Å². The third-order valence-corrected chi connectivity index (χ3v) is 3.91. The highest BCUT2D eigenvalue weighted by Crippen LogP contribution is 2.27. The van der Waals surface area contributed by atoms with Crippen molar-refractivity contribution in [2.75, 3.05) is 19.7 Å². The molecule has 116 valence electrons. The topological polar surface area (TPSA) is 49.8 Å². The van der Waals surface area contributed by atoms with Crippen molar-refractivity contribution in [2.24, 2.45) is 5.92 Å². The van der Waals surface area contributed by atoms with Crippen LogP contribution in [0.3, 0.4) is 0 Å². The molecule has 0 saturated carbocycles. The summed E-state index contributed by atoms with van der Waals surface area (Å²) in [6.45, 7) is 4.93. The third kappa shape index (κ3) is 3.53. The predicted octanol–water partition coefficient (Wildman–Crippen LogP) is 2.46. The molecular formula is C16H22FNO3. The van der Waals surface area contributed by atoms with E-state index in [4.69, 9.17) is 4.74 Å². The Morgan fingerprint density at radius 3 is 3.00 bits per heavy atom. The van der Waals surface area contributed by atoms with Gasteiger partial charge in [-0.3, -0.25) is 4.79 Å². The van der Waals surface area contributed by atoms with E-state index in [9.17, 15) is 14.3 Å². The maximum atomic E-state index is 13.8. The summed E-state index contributed by atoms with van der Waals surface area (Å²) >= 11 is 0. The molecule has 2 rings (SSSR count). The third-order valence-electron chi connectivity index (χ3n) is 3.91. The predicted molar refractivity (Wildman–Crippen MR) is 77.9 cm³/mol. The van der Waals surface area contributed by atoms with Gasteiger partial charge in [0.15, 0.2) is 11.6 Å². The Bertz CT molecular complexity index is 504. The van der Waals surface area contributed by atoms with Gasteiger partial charge in [-0.15, -0.1) is 0 Å². The first-order chi connectivity index (χ1) is 10.0. The van der Waals surface area contributed by atoms with Crippen LogP contribution in [0.25, 0.3) is 0 Å². The normalized spacial score (nSPS) is 20.2. The van der Waals surface area contributed by atoms with Gasteiger partial charge in [0.25, 0.3) is 5.91 Å². The lowest BCUT2D eigenvalue weighted by Crippen LogP contribution is -2.43. The number of hydrogen-bond donors (Lipinski definition) is 1. The molecule has 1 aliphatic rings. The van der Waals surface area contributed by atoms with Crippen molar-refractivity contribution in [3.05, 3.63) is 29.6 Å². The summed E-state index contributed by atoms with van der Waals surface area (Å²) in [4.78, 5) is 14.3. The van der Waals surface area contributed by atoms with Crippen LogP contribution in [0.2, 0.25) is 0 Å². The molecule has 2 atom stereocenters. The second-order valence-corrected chi connectivity index (χ2v) is 5.44. The van der Waals surface area contributed by atoms with Crippen LogP contribution < -0.4 is 4.74 Å². The fraction of sp³-hybridized carbons (Fsp3) is 0.562. The summed E-state index contributed by atoms with van der Waals surface area (Å²) in [6.07, 6.45) is 1.31. The SMILES string of the molecule is CCOc1c(F)cccc1C(=O)N1CCCC(C(C)O)C1. The van der Waals surface area contributed by atoms with Gasteiger partial charge in [-0.25, -0.2) is 4.39 Å². The zero-order valence-corrected chi connectivity index (χ0v) is 12.5. The summed E-state index contributed by atoms with van der Waals surface area (Å²) in [5.41, 5.74) is 0.253. The minimum absolute atomic E-state index is 0.0178. The number of ether oxygens (including phenoxy) is 1. The van der Waals surface area contributed by atoms with E-state index in [0.717, 1.165) is 12.8 Å². The second kappa shape index (κ2) is 6.89. The quantitative estimate of drug-likeness (QED) is 0.928. The van der Waals surface area contributed by atoms with Crippen LogP contribution in [-0.2, 0) is 0 Å². The van der Waals surface area contributed by atoms with Crippen LogP contribution in [0.15, 0.2) is 18.2 Å². The standard InChI is InChI=1S/C16H22FNO3/c1-3-21-15-13(7-4-8-14(15)17)16(20)18-9-5-6-12(10-18)11(2)19/h4,7-8,11-12,19H,3,5-6,9-10H2,1-2H3. The van der Waals surface area contributed by atoms with E-state index in [-0.39, 0.29) is 23.1 Å². The molecule has 1 N–H and O–H groups in total. The van der Waals surface area contributed by atoms with Crippen LogP contribution >= 0.6 is 0 Å². The summed E-state index contributed by atoms with van der Waals surface area (Å²) in [5.74, 6) is -0.661. The summed E-state index contributed by atoms with van der Waals surface area (Å²) in [7, 11) is 0. The molecule has 0 aliphatic carbocycles. The fourth-order valence-electron chi connectivity index (χ4n) is 2.73. The van der Waals surface area contributed by atoms with Gasteiger partial charge in [0.1, 0.15) is 0 Å². The minimum atomic E-state index is -0.521. The van der Waals surface area contributed by atoms with Crippen LogP contribution in [-0.4, -0.2) is 41.7 Å². The Morgan fingerprint density at radius 2 is 2.33 bits per heavy atom. The number of rotatable bonds is 4. The van der Waals surface area contributed by atoms with Crippen molar-refractivity contribution in [1.82, 2.24) is 4.90 Å². The molecule has 0 spiro atoms. The van der Waals surface area contributed by atoms with Crippen LogP contribution in [0.1, 0.15) is 37.0 Å². The van der Waals surface area contributed by atoms with Gasteiger partial charge in [0, 0.05) is 19.0 Å². The lowest BCUT2D eigenvalue weighted by atomic mass is 9.93. The van der Waals surface area contributed by atoms with E-state index in [1.165, 1.54) is 12.1 Å². The van der Waals surface area contributed by atoms with Crippen LogP contribution in [0.4, 0.5) is 4.39 Å². The number of benzene rings is 1. The van der Waals surface area contributed by atoms with Crippen molar-refractivity contribution in [1.29, 1.82) is 0 Å². The van der Waals surface area contributed by atoms with Gasteiger partial charge in [-0.05, 0) is 38.8 Å². The molecule has 4 nitrogen and oxygen atoms in total. The van der Waals surface area contributed by atoms with Gasteiger partial charge >= 0.3 is 0 Å². The Balaban J connectivity index is 2.21. The molecule has 5 heteroatoms. The minimum Gasteiger partial charge on any atom is -0.490 e. The first kappa shape index (κ1) is 15.8. The van der Waals surface area contributed by atoms with E-state index in [0.29, 0.717) is 19.7 Å². The van der Waals surface area contributed by atoms with E-state index in [1.54, 1.807) is 24.8 Å². The Labute approximate surface area is 124 Å². The molecule has 1 heterocycles. The molecule has 0 bridgehead atoms. The largest absolute Gasteiger partial charge is 0.490 e. The number of carbonyl (C=O) groups excluding carboxylic acids is 1. The number of para-hydroxylation sites is 1. The van der Waals surface area contributed by atoms with E-state index in [2.05, 4.69) is 0 Å². The molecule has 1 aromatic carbocycles. The van der Waals surface area contributed by atoms with Crippen molar-refractivity contribution in [3.63, 3.8) is 0 Å². The fourth-order valence-corrected chi connectivity index (χ4v) is 2.73. The highest BCUT2D eigenvalue weighted by atomic mass is 19.1. The van der Waals surface area contributed by atoms with Crippen molar-refractivity contribution < 1.29 is 19.0 Å². The van der Waals surface area contributed by atoms with Crippen LogP contribution in [0.5, 0.6) is 5.75 Å². The zero-order chi connectivity index (χ0) is 15.4. The summed E-state index contributed by atoms with van der Waals surface area (Å²) in [5, 5.41) is 9.71. The highest BCUT2D eigenvalue weighted by Gasteiger charge is 2.29. The van der Waals surface area contributed by atoms with Gasteiger partial charge in [-0.1, -0.05) is 6.07 Å². The van der Waals surface area contributed by atoms with E-state index in [1.807, 2.05) is 0 Å². The molecule has 1 aromatic rings. The maximum absolute atomic E-state index is 13.8. The van der Waals surface area contributed by atoms with Gasteiger partial charge in [0.05, 0.1) is 18.3 Å². The number of piperidine rings is 1. The molecule has 21 heavy (non-hydrogen) atoms. The summed E-state index contributed by atoms with van der Waals surface area (Å²) < 4.78 is 19.1. The Kier molecular flexibility index (Phi) is 5.17. The maximum Gasteiger partial charge on any atom is 0.257 e.